The highest BCUT2D eigenvalue weighted by Gasteiger charge is 2.33. The summed E-state index contributed by atoms with van der Waals surface area (Å²) >= 11 is 0. The lowest BCUT2D eigenvalue weighted by atomic mass is 9.99. The maximum absolute atomic E-state index is 12.9. The molecule has 2 aromatic rings. The van der Waals surface area contributed by atoms with Crippen molar-refractivity contribution in [2.24, 2.45) is 5.92 Å². The molecule has 1 N–H and O–H groups in total. The Morgan fingerprint density at radius 3 is 2.59 bits per heavy atom. The fourth-order valence-electron chi connectivity index (χ4n) is 3.11. The molecule has 7 nitrogen and oxygen atoms in total. The molecule has 0 saturated carbocycles. The van der Waals surface area contributed by atoms with Gasteiger partial charge in [-0.25, -0.2) is 8.42 Å². The predicted molar refractivity (Wildman–Crippen MR) is 101 cm³/mol. The number of nitrogens with one attached hydrogen (secondary N) is 1. The number of pyridine rings is 1. The molecular formula is C19H23N3O4S. The van der Waals surface area contributed by atoms with E-state index in [2.05, 4.69) is 10.3 Å². The molecule has 1 saturated heterocycles. The quantitative estimate of drug-likeness (QED) is 0.814. The van der Waals surface area contributed by atoms with E-state index in [-0.39, 0.29) is 23.3 Å². The van der Waals surface area contributed by atoms with Crippen molar-refractivity contribution in [1.82, 2.24) is 14.6 Å². The lowest BCUT2D eigenvalue weighted by Gasteiger charge is -2.31. The van der Waals surface area contributed by atoms with Gasteiger partial charge in [0.2, 0.25) is 15.9 Å². The van der Waals surface area contributed by atoms with E-state index in [1.807, 2.05) is 12.1 Å². The van der Waals surface area contributed by atoms with Crippen LogP contribution in [0.3, 0.4) is 0 Å². The summed E-state index contributed by atoms with van der Waals surface area (Å²) in [6.07, 6.45) is 4.68. The van der Waals surface area contributed by atoms with Crippen molar-refractivity contribution >= 4 is 15.9 Å². The number of aromatic nitrogens is 1. The average Bonchev–Trinajstić information content (AvgIpc) is 2.73. The van der Waals surface area contributed by atoms with Gasteiger partial charge in [0.25, 0.3) is 0 Å². The molecule has 0 spiro atoms. The van der Waals surface area contributed by atoms with Gasteiger partial charge in [-0.3, -0.25) is 9.78 Å². The van der Waals surface area contributed by atoms with Crippen molar-refractivity contribution in [1.29, 1.82) is 0 Å². The fourth-order valence-corrected chi connectivity index (χ4v) is 4.63. The third-order valence-electron chi connectivity index (χ3n) is 4.67. The Morgan fingerprint density at radius 1 is 1.22 bits per heavy atom. The monoisotopic (exact) mass is 389 g/mol. The average molecular weight is 389 g/mol. The van der Waals surface area contributed by atoms with E-state index in [0.29, 0.717) is 31.7 Å². The van der Waals surface area contributed by atoms with Crippen LogP contribution in [0.1, 0.15) is 18.4 Å². The number of ether oxygens (including phenoxy) is 1. The molecule has 1 aliphatic heterocycles. The summed E-state index contributed by atoms with van der Waals surface area (Å²) in [5.41, 5.74) is 0.955. The van der Waals surface area contributed by atoms with E-state index in [1.54, 1.807) is 24.5 Å². The van der Waals surface area contributed by atoms with Crippen LogP contribution in [0.5, 0.6) is 5.75 Å². The number of benzene rings is 1. The molecule has 1 amide bonds. The first-order valence-corrected chi connectivity index (χ1v) is 10.3. The Balaban J connectivity index is 1.64. The van der Waals surface area contributed by atoms with Gasteiger partial charge in [0.15, 0.2) is 0 Å². The van der Waals surface area contributed by atoms with Crippen molar-refractivity contribution in [3.05, 3.63) is 54.4 Å². The molecule has 0 unspecified atom stereocenters. The summed E-state index contributed by atoms with van der Waals surface area (Å²) in [4.78, 5) is 16.7. The Morgan fingerprint density at radius 2 is 1.93 bits per heavy atom. The Hall–Kier alpha value is -2.45. The highest BCUT2D eigenvalue weighted by Crippen LogP contribution is 2.25. The first-order chi connectivity index (χ1) is 13.0. The summed E-state index contributed by atoms with van der Waals surface area (Å²) in [5.74, 6) is 0.121. The van der Waals surface area contributed by atoms with Crippen molar-refractivity contribution in [2.45, 2.75) is 24.3 Å². The van der Waals surface area contributed by atoms with Crippen molar-refractivity contribution in [3.63, 3.8) is 0 Å². The summed E-state index contributed by atoms with van der Waals surface area (Å²) in [6.45, 7) is 1.02. The fraction of sp³-hybridized carbons (Fsp3) is 0.368. The second-order valence-corrected chi connectivity index (χ2v) is 8.39. The number of rotatable bonds is 6. The molecule has 1 atom stereocenters. The summed E-state index contributed by atoms with van der Waals surface area (Å²) in [7, 11) is -2.10. The van der Waals surface area contributed by atoms with E-state index in [9.17, 15) is 13.2 Å². The van der Waals surface area contributed by atoms with Crippen molar-refractivity contribution in [3.8, 4) is 5.75 Å². The Labute approximate surface area is 159 Å². The number of sulfonamides is 1. The highest BCUT2D eigenvalue weighted by molar-refractivity contribution is 7.89. The minimum atomic E-state index is -3.63. The van der Waals surface area contributed by atoms with Crippen LogP contribution in [0, 0.1) is 5.92 Å². The first-order valence-electron chi connectivity index (χ1n) is 8.81. The van der Waals surface area contributed by atoms with Crippen LogP contribution < -0.4 is 10.1 Å². The number of hydrogen-bond acceptors (Lipinski definition) is 5. The van der Waals surface area contributed by atoms with Gasteiger partial charge in [0.05, 0.1) is 17.9 Å². The second kappa shape index (κ2) is 8.49. The van der Waals surface area contributed by atoms with Crippen LogP contribution in [0.2, 0.25) is 0 Å². The molecule has 1 aromatic carbocycles. The van der Waals surface area contributed by atoms with Gasteiger partial charge in [-0.2, -0.15) is 4.31 Å². The molecule has 144 valence electrons. The number of amides is 1. The molecule has 1 fully saturated rings. The second-order valence-electron chi connectivity index (χ2n) is 6.45. The summed E-state index contributed by atoms with van der Waals surface area (Å²) in [6, 6.07) is 9.97. The van der Waals surface area contributed by atoms with Gasteiger partial charge >= 0.3 is 0 Å². The van der Waals surface area contributed by atoms with E-state index in [0.717, 1.165) is 5.56 Å². The predicted octanol–water partition coefficient (Wildman–Crippen LogP) is 1.81. The van der Waals surface area contributed by atoms with Crippen LogP contribution in [0.25, 0.3) is 0 Å². The molecular weight excluding hydrogens is 366 g/mol. The lowest BCUT2D eigenvalue weighted by molar-refractivity contribution is -0.126. The number of nitrogens with zero attached hydrogens (tertiary/aromatic N) is 2. The minimum absolute atomic E-state index is 0.124. The molecule has 27 heavy (non-hydrogen) atoms. The van der Waals surface area contributed by atoms with Gasteiger partial charge in [-0.1, -0.05) is 0 Å². The van der Waals surface area contributed by atoms with Gasteiger partial charge in [-0.05, 0) is 54.8 Å². The van der Waals surface area contributed by atoms with Crippen LogP contribution in [-0.4, -0.2) is 43.8 Å². The third kappa shape index (κ3) is 4.64. The van der Waals surface area contributed by atoms with Crippen molar-refractivity contribution < 1.29 is 17.9 Å². The van der Waals surface area contributed by atoms with E-state index in [1.165, 1.54) is 23.5 Å². The maximum Gasteiger partial charge on any atom is 0.243 e. The normalized spacial score (nSPS) is 18.0. The zero-order valence-corrected chi connectivity index (χ0v) is 16.0. The van der Waals surface area contributed by atoms with E-state index in [4.69, 9.17) is 4.74 Å². The molecule has 8 heteroatoms. The number of carbonyl (C=O) groups excluding carboxylic acids is 1. The van der Waals surface area contributed by atoms with E-state index < -0.39 is 10.0 Å². The molecule has 3 rings (SSSR count). The maximum atomic E-state index is 12.9. The minimum Gasteiger partial charge on any atom is -0.497 e. The SMILES string of the molecule is COc1ccc(S(=O)(=O)N2CCC[C@@H](C(=O)NCc3ccncc3)C2)cc1. The molecule has 1 aromatic heterocycles. The Bertz CT molecular complexity index is 870. The van der Waals surface area contributed by atoms with Crippen molar-refractivity contribution in [2.75, 3.05) is 20.2 Å². The standard InChI is InChI=1S/C19H23N3O4S/c1-26-17-4-6-18(7-5-17)27(24,25)22-12-2-3-16(14-22)19(23)21-13-15-8-10-20-11-9-15/h4-11,16H,2-3,12-14H2,1H3,(H,21,23)/t16-/m1/s1. The lowest BCUT2D eigenvalue weighted by Crippen LogP contribution is -2.45. The topological polar surface area (TPSA) is 88.6 Å². The molecule has 2 heterocycles. The molecule has 0 aliphatic carbocycles. The number of hydrogen-bond donors (Lipinski definition) is 1. The van der Waals surface area contributed by atoms with Crippen LogP contribution in [-0.2, 0) is 21.4 Å². The highest BCUT2D eigenvalue weighted by atomic mass is 32.2. The van der Waals surface area contributed by atoms with Crippen LogP contribution >= 0.6 is 0 Å². The molecule has 1 aliphatic rings. The van der Waals surface area contributed by atoms with Gasteiger partial charge in [-0.15, -0.1) is 0 Å². The number of carbonyl (C=O) groups is 1. The Kier molecular flexibility index (Phi) is 6.08. The third-order valence-corrected chi connectivity index (χ3v) is 6.55. The summed E-state index contributed by atoms with van der Waals surface area (Å²) < 4.78 is 32.2. The zero-order valence-electron chi connectivity index (χ0n) is 15.2. The summed E-state index contributed by atoms with van der Waals surface area (Å²) in [5, 5.41) is 2.89. The van der Waals surface area contributed by atoms with Crippen LogP contribution in [0.4, 0.5) is 0 Å². The van der Waals surface area contributed by atoms with Gasteiger partial charge in [0, 0.05) is 32.0 Å². The number of piperidine rings is 1. The zero-order chi connectivity index (χ0) is 19.3. The molecule has 0 radical (unpaired) electrons. The van der Waals surface area contributed by atoms with Crippen LogP contribution in [0.15, 0.2) is 53.7 Å². The van der Waals surface area contributed by atoms with Gasteiger partial charge < -0.3 is 10.1 Å². The number of methoxy groups -OCH3 is 1. The first kappa shape index (κ1) is 19.3. The largest absolute Gasteiger partial charge is 0.497 e. The van der Waals surface area contributed by atoms with Gasteiger partial charge in [0.1, 0.15) is 5.75 Å². The molecule has 0 bridgehead atoms. The smallest absolute Gasteiger partial charge is 0.243 e. The van der Waals surface area contributed by atoms with E-state index >= 15 is 0 Å².